The molecule has 0 bridgehead atoms. The highest BCUT2D eigenvalue weighted by Crippen LogP contribution is 2.37. The van der Waals surface area contributed by atoms with Crippen molar-refractivity contribution >= 4 is 5.78 Å². The minimum atomic E-state index is -0.327. The molecule has 2 aromatic carbocycles. The first-order chi connectivity index (χ1) is 15.4. The van der Waals surface area contributed by atoms with Gasteiger partial charge in [0.15, 0.2) is 0 Å². The van der Waals surface area contributed by atoms with Crippen molar-refractivity contribution in [3.63, 3.8) is 0 Å². The third kappa shape index (κ3) is 7.15. The first-order valence-corrected chi connectivity index (χ1v) is 11.9. The highest BCUT2D eigenvalue weighted by Gasteiger charge is 2.29. The fourth-order valence-corrected chi connectivity index (χ4v) is 4.67. The Kier molecular flexibility index (Phi) is 10.3. The van der Waals surface area contributed by atoms with Gasteiger partial charge in [0.05, 0.1) is 6.61 Å². The Bertz CT molecular complexity index is 830. The van der Waals surface area contributed by atoms with E-state index in [1.807, 2.05) is 24.3 Å². The number of hydrogen-bond donors (Lipinski definition) is 2. The van der Waals surface area contributed by atoms with E-state index in [9.17, 15) is 15.0 Å². The Morgan fingerprint density at radius 3 is 1.81 bits per heavy atom. The SMILES string of the molecule is C=C(CO)C(C)(CCCC(=O)CCCC(C)(CCCO)c1ccccc1)c1ccccc1. The summed E-state index contributed by atoms with van der Waals surface area (Å²) < 4.78 is 0. The molecule has 2 unspecified atom stereocenters. The Labute approximate surface area is 194 Å². The van der Waals surface area contributed by atoms with Crippen LogP contribution in [-0.4, -0.2) is 29.2 Å². The average molecular weight is 437 g/mol. The molecule has 0 saturated carbocycles. The predicted molar refractivity (Wildman–Crippen MR) is 133 cm³/mol. The van der Waals surface area contributed by atoms with E-state index in [2.05, 4.69) is 56.8 Å². The van der Waals surface area contributed by atoms with Gasteiger partial charge < -0.3 is 10.2 Å². The van der Waals surface area contributed by atoms with Crippen LogP contribution in [0.2, 0.25) is 0 Å². The number of carbonyl (C=O) groups excluding carboxylic acids is 1. The van der Waals surface area contributed by atoms with E-state index in [4.69, 9.17) is 0 Å². The van der Waals surface area contributed by atoms with Crippen LogP contribution in [0.25, 0.3) is 0 Å². The molecule has 2 N–H and O–H groups in total. The summed E-state index contributed by atoms with van der Waals surface area (Å²) in [6.45, 7) is 8.59. The second-order valence-electron chi connectivity index (χ2n) is 9.46. The van der Waals surface area contributed by atoms with Crippen molar-refractivity contribution in [2.24, 2.45) is 0 Å². The van der Waals surface area contributed by atoms with Gasteiger partial charge in [0.2, 0.25) is 0 Å². The maximum Gasteiger partial charge on any atom is 0.132 e. The van der Waals surface area contributed by atoms with Crippen molar-refractivity contribution in [2.75, 3.05) is 13.2 Å². The lowest BCUT2D eigenvalue weighted by atomic mass is 9.72. The molecule has 3 heteroatoms. The summed E-state index contributed by atoms with van der Waals surface area (Å²) in [5.41, 5.74) is 2.86. The molecule has 0 aliphatic carbocycles. The van der Waals surface area contributed by atoms with Crippen LogP contribution in [0.1, 0.15) is 76.3 Å². The van der Waals surface area contributed by atoms with Crippen molar-refractivity contribution < 1.29 is 15.0 Å². The van der Waals surface area contributed by atoms with E-state index in [0.717, 1.165) is 49.7 Å². The van der Waals surface area contributed by atoms with Gasteiger partial charge >= 0.3 is 0 Å². The molecule has 3 nitrogen and oxygen atoms in total. The topological polar surface area (TPSA) is 57.5 Å². The Balaban J connectivity index is 1.88. The lowest BCUT2D eigenvalue weighted by Crippen LogP contribution is -2.26. The molecule has 0 heterocycles. The molecule has 0 radical (unpaired) electrons. The molecule has 0 amide bonds. The molecule has 32 heavy (non-hydrogen) atoms. The summed E-state index contributed by atoms with van der Waals surface area (Å²) in [6.07, 6.45) is 6.20. The molecule has 2 aromatic rings. The second-order valence-corrected chi connectivity index (χ2v) is 9.46. The van der Waals surface area contributed by atoms with Gasteiger partial charge in [-0.3, -0.25) is 4.79 Å². The third-order valence-electron chi connectivity index (χ3n) is 7.06. The van der Waals surface area contributed by atoms with Crippen molar-refractivity contribution in [3.8, 4) is 0 Å². The molecule has 2 atom stereocenters. The number of Topliss-reactive ketones (excluding diaryl/α,β-unsaturated/α-hetero) is 1. The van der Waals surface area contributed by atoms with E-state index in [-0.39, 0.29) is 24.0 Å². The minimum Gasteiger partial charge on any atom is -0.396 e. The summed E-state index contributed by atoms with van der Waals surface area (Å²) in [7, 11) is 0. The molecule has 0 aromatic heterocycles. The van der Waals surface area contributed by atoms with Crippen LogP contribution in [0, 0.1) is 0 Å². The molecule has 2 rings (SSSR count). The first-order valence-electron chi connectivity index (χ1n) is 11.9. The largest absolute Gasteiger partial charge is 0.396 e. The molecule has 0 spiro atoms. The fraction of sp³-hybridized carbons (Fsp3) is 0.483. The number of carbonyl (C=O) groups is 1. The Morgan fingerprint density at radius 1 is 0.781 bits per heavy atom. The molecular weight excluding hydrogens is 396 g/mol. The van der Waals surface area contributed by atoms with Gasteiger partial charge in [0, 0.05) is 24.9 Å². The quantitative estimate of drug-likeness (QED) is 0.330. The Hall–Kier alpha value is -2.23. The van der Waals surface area contributed by atoms with Gasteiger partial charge in [-0.15, -0.1) is 0 Å². The number of rotatable bonds is 15. The van der Waals surface area contributed by atoms with Crippen LogP contribution in [-0.2, 0) is 15.6 Å². The standard InChI is InChI=1S/C29H40O3/c1-24(23-31)29(3,26-15-8-5-9-16-26)21-11-18-27(32)17-10-19-28(2,20-12-22-30)25-13-6-4-7-14-25/h4-9,13-16,30-31H,1,10-12,17-23H2,2-3H3. The summed E-state index contributed by atoms with van der Waals surface area (Å²) in [5, 5.41) is 19.0. The van der Waals surface area contributed by atoms with E-state index in [0.29, 0.717) is 18.6 Å². The summed E-state index contributed by atoms with van der Waals surface area (Å²) in [6, 6.07) is 20.6. The lowest BCUT2D eigenvalue weighted by Gasteiger charge is -2.32. The molecule has 174 valence electrons. The summed E-state index contributed by atoms with van der Waals surface area (Å²) >= 11 is 0. The molecule has 0 aliphatic rings. The normalized spacial score (nSPS) is 15.0. The third-order valence-corrected chi connectivity index (χ3v) is 7.06. The molecule has 0 aliphatic heterocycles. The zero-order chi connectivity index (χ0) is 23.5. The number of aliphatic hydroxyl groups excluding tert-OH is 2. The van der Waals surface area contributed by atoms with Crippen LogP contribution in [0.4, 0.5) is 0 Å². The monoisotopic (exact) mass is 436 g/mol. The van der Waals surface area contributed by atoms with Crippen molar-refractivity contribution in [3.05, 3.63) is 83.9 Å². The maximum absolute atomic E-state index is 12.6. The van der Waals surface area contributed by atoms with Gasteiger partial charge in [0.1, 0.15) is 5.78 Å². The Morgan fingerprint density at radius 2 is 1.28 bits per heavy atom. The van der Waals surface area contributed by atoms with E-state index in [1.54, 1.807) is 0 Å². The number of hydrogen-bond acceptors (Lipinski definition) is 3. The lowest BCUT2D eigenvalue weighted by molar-refractivity contribution is -0.119. The smallest absolute Gasteiger partial charge is 0.132 e. The van der Waals surface area contributed by atoms with Crippen LogP contribution in [0.15, 0.2) is 72.8 Å². The average Bonchev–Trinajstić information content (AvgIpc) is 2.83. The zero-order valence-corrected chi connectivity index (χ0v) is 19.9. The van der Waals surface area contributed by atoms with Crippen molar-refractivity contribution in [1.29, 1.82) is 0 Å². The number of aliphatic hydroxyl groups is 2. The van der Waals surface area contributed by atoms with Gasteiger partial charge in [-0.05, 0) is 60.6 Å². The van der Waals surface area contributed by atoms with Gasteiger partial charge in [-0.2, -0.15) is 0 Å². The number of benzene rings is 2. The van der Waals surface area contributed by atoms with Gasteiger partial charge in [0.25, 0.3) is 0 Å². The molecule has 0 saturated heterocycles. The van der Waals surface area contributed by atoms with Crippen LogP contribution >= 0.6 is 0 Å². The molecule has 0 fully saturated rings. The van der Waals surface area contributed by atoms with Crippen LogP contribution < -0.4 is 0 Å². The van der Waals surface area contributed by atoms with Crippen molar-refractivity contribution in [1.82, 2.24) is 0 Å². The second kappa shape index (κ2) is 12.7. The van der Waals surface area contributed by atoms with E-state index >= 15 is 0 Å². The highest BCUT2D eigenvalue weighted by molar-refractivity contribution is 5.78. The molecular formula is C29H40O3. The number of ketones is 1. The van der Waals surface area contributed by atoms with Crippen LogP contribution in [0.3, 0.4) is 0 Å². The fourth-order valence-electron chi connectivity index (χ4n) is 4.67. The summed E-state index contributed by atoms with van der Waals surface area (Å²) in [5.74, 6) is 0.299. The van der Waals surface area contributed by atoms with Gasteiger partial charge in [-0.25, -0.2) is 0 Å². The minimum absolute atomic E-state index is 0.0188. The van der Waals surface area contributed by atoms with Crippen molar-refractivity contribution in [2.45, 2.75) is 76.0 Å². The first kappa shape index (κ1) is 26.0. The predicted octanol–water partition coefficient (Wildman–Crippen LogP) is 6.13. The van der Waals surface area contributed by atoms with Gasteiger partial charge in [-0.1, -0.05) is 81.1 Å². The summed E-state index contributed by atoms with van der Waals surface area (Å²) in [4.78, 5) is 12.6. The van der Waals surface area contributed by atoms with Crippen LogP contribution in [0.5, 0.6) is 0 Å². The highest BCUT2D eigenvalue weighted by atomic mass is 16.3. The maximum atomic E-state index is 12.6. The van der Waals surface area contributed by atoms with E-state index in [1.165, 1.54) is 5.56 Å². The zero-order valence-electron chi connectivity index (χ0n) is 19.9. The van der Waals surface area contributed by atoms with E-state index < -0.39 is 0 Å².